The van der Waals surface area contributed by atoms with Gasteiger partial charge in [-0.25, -0.2) is 4.79 Å². The molecule has 0 aromatic heterocycles. The van der Waals surface area contributed by atoms with Crippen molar-refractivity contribution in [2.75, 3.05) is 33.3 Å². The number of ether oxygens (including phenoxy) is 1. The number of hydrogen-bond donors (Lipinski definition) is 0. The Balaban J connectivity index is 1.63. The van der Waals surface area contributed by atoms with E-state index >= 15 is 0 Å². The largest absolute Gasteiger partial charge is 0.465 e. The number of carbonyl (C=O) groups is 1. The van der Waals surface area contributed by atoms with E-state index in [0.717, 1.165) is 25.2 Å². The van der Waals surface area contributed by atoms with Crippen LogP contribution in [0.4, 0.5) is 0 Å². The van der Waals surface area contributed by atoms with Crippen LogP contribution in [0.5, 0.6) is 0 Å². The van der Waals surface area contributed by atoms with E-state index in [9.17, 15) is 4.79 Å². The third kappa shape index (κ3) is 3.27. The van der Waals surface area contributed by atoms with Crippen molar-refractivity contribution in [2.24, 2.45) is 0 Å². The van der Waals surface area contributed by atoms with Crippen molar-refractivity contribution >= 4 is 5.97 Å². The van der Waals surface area contributed by atoms with Crippen LogP contribution in [0.2, 0.25) is 0 Å². The minimum atomic E-state index is -0.235. The Morgan fingerprint density at radius 2 is 2.00 bits per heavy atom. The van der Waals surface area contributed by atoms with Crippen LogP contribution in [0.3, 0.4) is 0 Å². The number of likely N-dealkylation sites (tertiary alicyclic amines) is 2. The van der Waals surface area contributed by atoms with Crippen LogP contribution in [0.1, 0.15) is 35.2 Å². The first-order chi connectivity index (χ1) is 10.3. The predicted molar refractivity (Wildman–Crippen MR) is 82.3 cm³/mol. The quantitative estimate of drug-likeness (QED) is 0.795. The lowest BCUT2D eigenvalue weighted by molar-refractivity contribution is 0.0598. The van der Waals surface area contributed by atoms with E-state index in [1.54, 1.807) is 0 Å². The number of benzene rings is 1. The van der Waals surface area contributed by atoms with E-state index in [0.29, 0.717) is 11.6 Å². The monoisotopic (exact) mass is 288 g/mol. The Morgan fingerprint density at radius 3 is 2.76 bits per heavy atom. The van der Waals surface area contributed by atoms with Crippen LogP contribution in [-0.4, -0.2) is 55.1 Å². The van der Waals surface area contributed by atoms with Gasteiger partial charge in [0.1, 0.15) is 0 Å². The summed E-state index contributed by atoms with van der Waals surface area (Å²) >= 11 is 0. The molecule has 0 aliphatic carbocycles. The fraction of sp³-hybridized carbons (Fsp3) is 0.588. The van der Waals surface area contributed by atoms with Gasteiger partial charge in [-0.05, 0) is 44.0 Å². The molecule has 1 aromatic rings. The molecule has 2 aliphatic heterocycles. The zero-order valence-electron chi connectivity index (χ0n) is 12.8. The van der Waals surface area contributed by atoms with Crippen molar-refractivity contribution in [1.29, 1.82) is 0 Å². The maximum absolute atomic E-state index is 11.8. The van der Waals surface area contributed by atoms with Crippen LogP contribution in [0, 0.1) is 0 Å². The normalized spacial score (nSPS) is 23.6. The zero-order chi connectivity index (χ0) is 14.7. The van der Waals surface area contributed by atoms with E-state index in [4.69, 9.17) is 4.74 Å². The van der Waals surface area contributed by atoms with Crippen molar-refractivity contribution in [3.8, 4) is 0 Å². The van der Waals surface area contributed by atoms with E-state index < -0.39 is 0 Å². The molecule has 21 heavy (non-hydrogen) atoms. The third-order valence-electron chi connectivity index (χ3n) is 4.72. The van der Waals surface area contributed by atoms with Gasteiger partial charge in [0.25, 0.3) is 0 Å². The highest BCUT2D eigenvalue weighted by Gasteiger charge is 2.29. The molecular formula is C17H24N2O2. The molecule has 2 fully saturated rings. The summed E-state index contributed by atoms with van der Waals surface area (Å²) in [5, 5.41) is 0. The molecule has 0 amide bonds. The summed E-state index contributed by atoms with van der Waals surface area (Å²) in [5.41, 5.74) is 1.77. The van der Waals surface area contributed by atoms with Gasteiger partial charge in [0.15, 0.2) is 0 Å². The molecule has 0 N–H and O–H groups in total. The highest BCUT2D eigenvalue weighted by molar-refractivity contribution is 5.90. The zero-order valence-corrected chi connectivity index (χ0v) is 12.8. The van der Waals surface area contributed by atoms with Crippen LogP contribution in [0.25, 0.3) is 0 Å². The number of esters is 1. The Kier molecular flexibility index (Phi) is 4.56. The predicted octanol–water partition coefficient (Wildman–Crippen LogP) is 2.14. The average Bonchev–Trinajstić information content (AvgIpc) is 3.18. The average molecular weight is 288 g/mol. The molecule has 1 unspecified atom stereocenters. The molecule has 2 aliphatic rings. The lowest BCUT2D eigenvalue weighted by atomic mass is 10.1. The Morgan fingerprint density at radius 1 is 1.24 bits per heavy atom. The topological polar surface area (TPSA) is 32.8 Å². The molecule has 4 heteroatoms. The van der Waals surface area contributed by atoms with Gasteiger partial charge in [0.2, 0.25) is 0 Å². The molecule has 0 saturated carbocycles. The first-order valence-corrected chi connectivity index (χ1v) is 7.90. The standard InChI is InChI=1S/C17H24N2O2/c1-21-17(20)16-7-3-2-6-14(16)12-18-11-8-15(13-18)19-9-4-5-10-19/h2-3,6-7,15H,4-5,8-13H2,1H3. The molecule has 114 valence electrons. The van der Waals surface area contributed by atoms with Gasteiger partial charge >= 0.3 is 5.97 Å². The molecule has 2 heterocycles. The van der Waals surface area contributed by atoms with Gasteiger partial charge in [-0.2, -0.15) is 0 Å². The van der Waals surface area contributed by atoms with Gasteiger partial charge in [0, 0.05) is 25.7 Å². The maximum Gasteiger partial charge on any atom is 0.338 e. The highest BCUT2D eigenvalue weighted by atomic mass is 16.5. The smallest absolute Gasteiger partial charge is 0.338 e. The molecule has 2 saturated heterocycles. The van der Waals surface area contributed by atoms with E-state index in [1.807, 2.05) is 24.3 Å². The summed E-state index contributed by atoms with van der Waals surface area (Å²) in [6, 6.07) is 8.49. The number of hydrogen-bond acceptors (Lipinski definition) is 4. The lowest BCUT2D eigenvalue weighted by Gasteiger charge is -2.24. The molecule has 3 rings (SSSR count). The second kappa shape index (κ2) is 6.58. The first kappa shape index (κ1) is 14.5. The van der Waals surface area contributed by atoms with Crippen molar-refractivity contribution in [1.82, 2.24) is 9.80 Å². The van der Waals surface area contributed by atoms with Crippen LogP contribution in [-0.2, 0) is 11.3 Å². The summed E-state index contributed by atoms with van der Waals surface area (Å²) < 4.78 is 4.88. The molecule has 1 aromatic carbocycles. The second-order valence-electron chi connectivity index (χ2n) is 6.07. The molecule has 1 atom stereocenters. The van der Waals surface area contributed by atoms with Crippen LogP contribution >= 0.6 is 0 Å². The number of rotatable bonds is 4. The van der Waals surface area contributed by atoms with Crippen LogP contribution < -0.4 is 0 Å². The van der Waals surface area contributed by atoms with Crippen molar-refractivity contribution < 1.29 is 9.53 Å². The number of nitrogens with zero attached hydrogens (tertiary/aromatic N) is 2. The van der Waals surface area contributed by atoms with E-state index in [1.165, 1.54) is 39.5 Å². The SMILES string of the molecule is COC(=O)c1ccccc1CN1CCC(N2CCCC2)C1. The Hall–Kier alpha value is -1.39. The summed E-state index contributed by atoms with van der Waals surface area (Å²) in [5.74, 6) is -0.235. The first-order valence-electron chi connectivity index (χ1n) is 7.90. The van der Waals surface area contributed by atoms with Gasteiger partial charge in [0.05, 0.1) is 12.7 Å². The Labute approximate surface area is 126 Å². The molecule has 0 radical (unpaired) electrons. The number of methoxy groups -OCH3 is 1. The summed E-state index contributed by atoms with van der Waals surface area (Å²) in [6.07, 6.45) is 3.95. The van der Waals surface area contributed by atoms with Crippen molar-refractivity contribution in [3.63, 3.8) is 0 Å². The van der Waals surface area contributed by atoms with Crippen molar-refractivity contribution in [2.45, 2.75) is 31.8 Å². The summed E-state index contributed by atoms with van der Waals surface area (Å²) in [4.78, 5) is 16.9. The van der Waals surface area contributed by atoms with Crippen LogP contribution in [0.15, 0.2) is 24.3 Å². The lowest BCUT2D eigenvalue weighted by Crippen LogP contribution is -2.35. The number of carbonyl (C=O) groups excluding carboxylic acids is 1. The van der Waals surface area contributed by atoms with E-state index in [-0.39, 0.29) is 5.97 Å². The van der Waals surface area contributed by atoms with E-state index in [2.05, 4.69) is 9.80 Å². The maximum atomic E-state index is 11.8. The molecular weight excluding hydrogens is 264 g/mol. The minimum absolute atomic E-state index is 0.235. The highest BCUT2D eigenvalue weighted by Crippen LogP contribution is 2.22. The van der Waals surface area contributed by atoms with Gasteiger partial charge in [-0.3, -0.25) is 9.80 Å². The Bertz CT molecular complexity index is 497. The molecule has 4 nitrogen and oxygen atoms in total. The fourth-order valence-corrected chi connectivity index (χ4v) is 3.57. The minimum Gasteiger partial charge on any atom is -0.465 e. The van der Waals surface area contributed by atoms with Gasteiger partial charge in [-0.15, -0.1) is 0 Å². The third-order valence-corrected chi connectivity index (χ3v) is 4.72. The fourth-order valence-electron chi connectivity index (χ4n) is 3.57. The van der Waals surface area contributed by atoms with Crippen molar-refractivity contribution in [3.05, 3.63) is 35.4 Å². The van der Waals surface area contributed by atoms with Gasteiger partial charge < -0.3 is 4.74 Å². The second-order valence-corrected chi connectivity index (χ2v) is 6.07. The molecule has 0 bridgehead atoms. The summed E-state index contributed by atoms with van der Waals surface area (Å²) in [6.45, 7) is 5.61. The summed E-state index contributed by atoms with van der Waals surface area (Å²) in [7, 11) is 1.44. The van der Waals surface area contributed by atoms with Gasteiger partial charge in [-0.1, -0.05) is 18.2 Å². The molecule has 0 spiro atoms.